The van der Waals surface area contributed by atoms with Gasteiger partial charge in [0.15, 0.2) is 11.6 Å². The molecular formula is C40H46N4O10. The number of nitrogens with one attached hydrogen (secondary N) is 2. The van der Waals surface area contributed by atoms with Crippen LogP contribution in [0.4, 0.5) is 0 Å². The number of rotatable bonds is 4. The maximum absolute atomic E-state index is 14.7. The Hall–Kier alpha value is -4.76. The smallest absolute Gasteiger partial charge is 0.302 e. The molecule has 8 bridgehead atoms. The van der Waals surface area contributed by atoms with Crippen molar-refractivity contribution in [2.75, 3.05) is 0 Å². The van der Waals surface area contributed by atoms with E-state index in [4.69, 9.17) is 28.9 Å². The first-order valence-electron chi connectivity index (χ1n) is 18.2. The number of hydrogen-bond donors (Lipinski definition) is 4. The van der Waals surface area contributed by atoms with Gasteiger partial charge < -0.3 is 39.1 Å². The van der Waals surface area contributed by atoms with Crippen molar-refractivity contribution in [2.45, 2.75) is 128 Å². The van der Waals surface area contributed by atoms with E-state index in [1.165, 1.54) is 13.8 Å². The van der Waals surface area contributed by atoms with Crippen LogP contribution >= 0.6 is 0 Å². The molecule has 4 aliphatic rings. The van der Waals surface area contributed by atoms with Crippen molar-refractivity contribution in [1.82, 2.24) is 19.9 Å². The molecule has 10 atom stereocenters. The fourth-order valence-corrected chi connectivity index (χ4v) is 8.28. The maximum Gasteiger partial charge on any atom is 0.302 e. The summed E-state index contributed by atoms with van der Waals surface area (Å²) >= 11 is 0. The molecule has 14 nitrogen and oxygen atoms in total. The van der Waals surface area contributed by atoms with E-state index in [0.29, 0.717) is 33.5 Å². The van der Waals surface area contributed by atoms with Gasteiger partial charge in [-0.15, -0.1) is 0 Å². The number of carbonyl (C=O) groups is 4. The second-order valence-corrected chi connectivity index (χ2v) is 15.5. The maximum atomic E-state index is 14.7. The van der Waals surface area contributed by atoms with Crippen molar-refractivity contribution in [3.8, 4) is 0 Å². The minimum Gasteiger partial charge on any atom is -0.460 e. The topological polar surface area (TPSA) is 203 Å². The van der Waals surface area contributed by atoms with Crippen LogP contribution in [0.5, 0.6) is 0 Å². The standard InChI is InChI=1S/C40H46N4O10/c1-17-10-24-12-33-39(7,37-31(53-21(5)45)15-29(47)19(3)51-37)35(49)27(43-33)11-23-9-18(2)26(41-23)14-34-40(8,36(50)28(44-34)13-25(17)42-24)38-32(54-22(6)46)16-30(48)20(4)52-38/h9-14,19-20,29-32,37-38,41-42,47-48H,15-16H2,1-8H3/t19-,20-,29-,30-,31-,32-,37-,38-,39+,40+/m1/s1. The minimum absolute atomic E-state index is 0.0804. The number of carbonyl (C=O) groups excluding carboxylic acids is 4. The number of Topliss-reactive ketones (excluding diaryl/α,β-unsaturated/α-hetero) is 2. The van der Waals surface area contributed by atoms with Crippen LogP contribution in [-0.2, 0) is 39.4 Å². The number of aliphatic hydroxyl groups excluding tert-OH is 2. The van der Waals surface area contributed by atoms with Crippen LogP contribution in [0.3, 0.4) is 0 Å². The molecule has 0 spiro atoms. The van der Waals surface area contributed by atoms with Crippen molar-refractivity contribution in [1.29, 1.82) is 0 Å². The molecule has 0 radical (unpaired) electrons. The zero-order chi connectivity index (χ0) is 39.0. The Kier molecular flexibility index (Phi) is 9.40. The molecule has 3 aromatic rings. The van der Waals surface area contributed by atoms with Gasteiger partial charge in [-0.05, 0) is 89.1 Å². The number of esters is 2. The molecule has 4 aliphatic heterocycles. The Morgan fingerprint density at radius 1 is 0.704 bits per heavy atom. The Morgan fingerprint density at radius 2 is 1.11 bits per heavy atom. The van der Waals surface area contributed by atoms with E-state index in [2.05, 4.69) is 9.97 Å². The van der Waals surface area contributed by atoms with Crippen molar-refractivity contribution < 1.29 is 48.3 Å². The normalized spacial score (nSPS) is 32.7. The zero-order valence-electron chi connectivity index (χ0n) is 31.6. The third-order valence-corrected chi connectivity index (χ3v) is 11.5. The first-order valence-corrected chi connectivity index (χ1v) is 18.2. The Bertz CT molecular complexity index is 2230. The summed E-state index contributed by atoms with van der Waals surface area (Å²) in [7, 11) is 0. The number of aromatic amines is 2. The van der Waals surface area contributed by atoms with Gasteiger partial charge in [-0.3, -0.25) is 19.2 Å². The van der Waals surface area contributed by atoms with Gasteiger partial charge in [0, 0.05) is 48.8 Å². The van der Waals surface area contributed by atoms with E-state index >= 15 is 0 Å². The number of ketones is 2. The van der Waals surface area contributed by atoms with E-state index in [-0.39, 0.29) is 35.8 Å². The van der Waals surface area contributed by atoms with Gasteiger partial charge >= 0.3 is 11.9 Å². The van der Waals surface area contributed by atoms with Crippen LogP contribution in [0, 0.1) is 13.8 Å². The molecule has 54 heavy (non-hydrogen) atoms. The van der Waals surface area contributed by atoms with Gasteiger partial charge in [0.05, 0.1) is 35.8 Å². The lowest BCUT2D eigenvalue weighted by molar-refractivity contribution is -0.197. The van der Waals surface area contributed by atoms with E-state index in [1.54, 1.807) is 52.0 Å². The molecule has 286 valence electrons. The fraction of sp³-hybridized carbons (Fsp3) is 0.500. The molecule has 2 saturated heterocycles. The molecule has 0 aromatic carbocycles. The average Bonchev–Trinajstić information content (AvgIpc) is 3.76. The highest BCUT2D eigenvalue weighted by atomic mass is 16.6. The first-order chi connectivity index (χ1) is 25.4. The summed E-state index contributed by atoms with van der Waals surface area (Å²) in [4.78, 5) is 70.1. The fourth-order valence-electron chi connectivity index (χ4n) is 8.28. The molecule has 2 fully saturated rings. The molecule has 4 N–H and O–H groups in total. The first kappa shape index (κ1) is 37.6. The van der Waals surface area contributed by atoms with E-state index in [1.807, 2.05) is 26.0 Å². The number of fused-ring (bicyclic) bond motifs is 8. The number of hydrogen-bond acceptors (Lipinski definition) is 12. The second-order valence-electron chi connectivity index (χ2n) is 15.5. The lowest BCUT2D eigenvalue weighted by atomic mass is 9.73. The van der Waals surface area contributed by atoms with E-state index < -0.39 is 71.6 Å². The third kappa shape index (κ3) is 6.24. The van der Waals surface area contributed by atoms with Crippen molar-refractivity contribution in [3.05, 3.63) is 70.3 Å². The number of ether oxygens (including phenoxy) is 4. The Morgan fingerprint density at radius 3 is 1.57 bits per heavy atom. The largest absolute Gasteiger partial charge is 0.460 e. The second kappa shape index (κ2) is 13.5. The van der Waals surface area contributed by atoms with Gasteiger partial charge in [-0.2, -0.15) is 0 Å². The Balaban J connectivity index is 1.45. The molecule has 7 heterocycles. The molecule has 0 saturated carbocycles. The van der Waals surface area contributed by atoms with Crippen molar-refractivity contribution in [3.63, 3.8) is 0 Å². The van der Waals surface area contributed by atoms with Crippen LogP contribution in [0.1, 0.15) is 97.9 Å². The number of nitrogens with zero attached hydrogens (tertiary/aromatic N) is 2. The monoisotopic (exact) mass is 742 g/mol. The summed E-state index contributed by atoms with van der Waals surface area (Å²) in [5.41, 5.74) is 2.05. The van der Waals surface area contributed by atoms with Gasteiger partial charge in [0.25, 0.3) is 0 Å². The molecule has 3 aromatic heterocycles. The van der Waals surface area contributed by atoms with Crippen molar-refractivity contribution >= 4 is 45.6 Å². The molecule has 14 heteroatoms. The Labute approximate surface area is 311 Å². The van der Waals surface area contributed by atoms with Gasteiger partial charge in [0.1, 0.15) is 46.6 Å². The molecule has 0 amide bonds. The number of H-pyrrole nitrogens is 2. The van der Waals surface area contributed by atoms with Crippen LogP contribution in [0.2, 0.25) is 0 Å². The summed E-state index contributed by atoms with van der Waals surface area (Å²) in [6.45, 7) is 13.1. The quantitative estimate of drug-likeness (QED) is 0.279. The molecule has 7 rings (SSSR count). The van der Waals surface area contributed by atoms with Crippen molar-refractivity contribution in [2.24, 2.45) is 0 Å². The summed E-state index contributed by atoms with van der Waals surface area (Å²) < 4.78 is 23.9. The predicted octanol–water partition coefficient (Wildman–Crippen LogP) is 4.15. The summed E-state index contributed by atoms with van der Waals surface area (Å²) in [6.07, 6.45) is -6.74. The van der Waals surface area contributed by atoms with E-state index in [0.717, 1.165) is 11.1 Å². The lowest BCUT2D eigenvalue weighted by Gasteiger charge is -2.44. The summed E-state index contributed by atoms with van der Waals surface area (Å²) in [5.74, 6) is -1.83. The van der Waals surface area contributed by atoms with Gasteiger partial charge in [-0.25, -0.2) is 9.97 Å². The minimum atomic E-state index is -1.43. The number of aryl methyl sites for hydroxylation is 2. The van der Waals surface area contributed by atoms with Crippen LogP contribution < -0.4 is 0 Å². The van der Waals surface area contributed by atoms with Gasteiger partial charge in [0.2, 0.25) is 0 Å². The van der Waals surface area contributed by atoms with E-state index in [9.17, 15) is 29.4 Å². The molecule has 0 aliphatic carbocycles. The summed E-state index contributed by atoms with van der Waals surface area (Å²) in [5, 5.41) is 21.3. The van der Waals surface area contributed by atoms with Gasteiger partial charge in [-0.1, -0.05) is 0 Å². The lowest BCUT2D eigenvalue weighted by Crippen LogP contribution is -2.57. The SMILES string of the molecule is CC(=O)O[C@@H]1C[C@@H](O)[C@@H](C)O[C@H]1[C@]1(C)C(=O)c2cc3cc(C)c(cc4nc(cc5[nH]c(cc1n2)cc5C)C(=O)[C@@]4(C)[C@@H]1O[C@H](C)[C@H](O)C[C@H]1OC(C)=O)[nH]3. The molecule has 0 unspecified atom stereocenters. The molecular weight excluding hydrogens is 696 g/mol. The number of aromatic nitrogens is 4. The predicted molar refractivity (Wildman–Crippen MR) is 195 cm³/mol. The van der Waals surface area contributed by atoms with Crippen LogP contribution in [0.25, 0.3) is 22.1 Å². The average molecular weight is 743 g/mol. The van der Waals surface area contributed by atoms with Crippen LogP contribution in [-0.4, -0.2) is 102 Å². The third-order valence-electron chi connectivity index (χ3n) is 11.5. The van der Waals surface area contributed by atoms with Crippen LogP contribution in [0.15, 0.2) is 36.4 Å². The highest BCUT2D eigenvalue weighted by Crippen LogP contribution is 2.44. The zero-order valence-corrected chi connectivity index (χ0v) is 31.6. The highest BCUT2D eigenvalue weighted by Gasteiger charge is 2.57. The summed E-state index contributed by atoms with van der Waals surface area (Å²) in [6, 6.07) is 10.5. The highest BCUT2D eigenvalue weighted by molar-refractivity contribution is 6.07. The number of aliphatic hydroxyl groups is 2.